The molecule has 72 valence electrons. The van der Waals surface area contributed by atoms with E-state index >= 15 is 0 Å². The second-order valence-electron chi connectivity index (χ2n) is 2.89. The lowest BCUT2D eigenvalue weighted by Crippen LogP contribution is -2.32. The maximum absolute atomic E-state index is 10.5. The molecular formula is C8H12N2O2S. The highest BCUT2D eigenvalue weighted by atomic mass is 32.1. The van der Waals surface area contributed by atoms with Crippen molar-refractivity contribution in [2.24, 2.45) is 5.73 Å². The summed E-state index contributed by atoms with van der Waals surface area (Å²) in [7, 11) is 0. The summed E-state index contributed by atoms with van der Waals surface area (Å²) >= 11 is 1.51. The number of carboxylic acids is 1. The third-order valence-electron chi connectivity index (χ3n) is 1.72. The second kappa shape index (κ2) is 3.85. The Labute approximate surface area is 80.4 Å². The third-order valence-corrected chi connectivity index (χ3v) is 2.82. The Morgan fingerprint density at radius 2 is 2.31 bits per heavy atom. The first-order valence-corrected chi connectivity index (χ1v) is 4.73. The smallest absolute Gasteiger partial charge is 0.320 e. The first-order valence-electron chi connectivity index (χ1n) is 3.92. The lowest BCUT2D eigenvalue weighted by molar-refractivity contribution is -0.138. The van der Waals surface area contributed by atoms with Crippen LogP contribution in [0.25, 0.3) is 0 Å². The Kier molecular flexibility index (Phi) is 3.00. The van der Waals surface area contributed by atoms with Gasteiger partial charge in [0.05, 0.1) is 10.7 Å². The molecule has 0 radical (unpaired) electrons. The van der Waals surface area contributed by atoms with Gasteiger partial charge >= 0.3 is 5.97 Å². The number of thiazole rings is 1. The Balaban J connectivity index is 2.74. The highest BCUT2D eigenvalue weighted by molar-refractivity contribution is 7.11. The molecule has 0 saturated carbocycles. The molecule has 0 fully saturated rings. The van der Waals surface area contributed by atoms with E-state index < -0.39 is 12.0 Å². The summed E-state index contributed by atoms with van der Waals surface area (Å²) in [6, 6.07) is -0.821. The third kappa shape index (κ3) is 2.50. The van der Waals surface area contributed by atoms with Crippen LogP contribution in [0.3, 0.4) is 0 Å². The molecule has 5 heteroatoms. The average molecular weight is 200 g/mol. The number of aromatic nitrogens is 1. The molecule has 1 aromatic heterocycles. The number of carboxylic acid groups (broad SMARTS) is 1. The number of nitrogens with zero attached hydrogens (tertiary/aromatic N) is 1. The van der Waals surface area contributed by atoms with Gasteiger partial charge in [0, 0.05) is 11.3 Å². The van der Waals surface area contributed by atoms with Crippen molar-refractivity contribution in [1.29, 1.82) is 0 Å². The SMILES string of the molecule is Cc1nc(C)c(C[C@@H](N)C(=O)O)s1. The predicted octanol–water partition coefficient (Wildman–Crippen LogP) is 0.714. The van der Waals surface area contributed by atoms with Gasteiger partial charge in [-0.05, 0) is 13.8 Å². The van der Waals surface area contributed by atoms with Crippen LogP contribution in [0.5, 0.6) is 0 Å². The number of hydrogen-bond donors (Lipinski definition) is 2. The second-order valence-corrected chi connectivity index (χ2v) is 4.18. The summed E-state index contributed by atoms with van der Waals surface area (Å²) in [5.41, 5.74) is 6.29. The lowest BCUT2D eigenvalue weighted by atomic mass is 10.2. The van der Waals surface area contributed by atoms with Gasteiger partial charge in [-0.1, -0.05) is 0 Å². The first-order chi connectivity index (χ1) is 6.00. The lowest BCUT2D eigenvalue weighted by Gasteiger charge is -2.03. The molecule has 3 N–H and O–H groups in total. The maximum Gasteiger partial charge on any atom is 0.320 e. The highest BCUT2D eigenvalue weighted by Crippen LogP contribution is 2.18. The number of nitrogens with two attached hydrogens (primary N) is 1. The fraction of sp³-hybridized carbons (Fsp3) is 0.500. The topological polar surface area (TPSA) is 76.2 Å². The minimum atomic E-state index is -0.967. The molecule has 0 bridgehead atoms. The van der Waals surface area contributed by atoms with E-state index in [-0.39, 0.29) is 0 Å². The van der Waals surface area contributed by atoms with Crippen LogP contribution in [0, 0.1) is 13.8 Å². The molecule has 1 aromatic rings. The van der Waals surface area contributed by atoms with Crippen LogP contribution in [-0.4, -0.2) is 22.1 Å². The molecule has 0 saturated heterocycles. The van der Waals surface area contributed by atoms with Crippen molar-refractivity contribution in [2.45, 2.75) is 26.3 Å². The van der Waals surface area contributed by atoms with Crippen molar-refractivity contribution < 1.29 is 9.90 Å². The zero-order chi connectivity index (χ0) is 10.0. The van der Waals surface area contributed by atoms with Crippen LogP contribution in [0.1, 0.15) is 15.6 Å². The highest BCUT2D eigenvalue weighted by Gasteiger charge is 2.15. The molecule has 1 rings (SSSR count). The molecule has 0 aliphatic rings. The fourth-order valence-corrected chi connectivity index (χ4v) is 2.05. The van der Waals surface area contributed by atoms with E-state index in [0.29, 0.717) is 6.42 Å². The van der Waals surface area contributed by atoms with Gasteiger partial charge in [0.2, 0.25) is 0 Å². The van der Waals surface area contributed by atoms with Gasteiger partial charge in [0.25, 0.3) is 0 Å². The van der Waals surface area contributed by atoms with E-state index in [1.807, 2.05) is 13.8 Å². The maximum atomic E-state index is 10.5. The van der Waals surface area contributed by atoms with Gasteiger partial charge in [-0.25, -0.2) is 4.98 Å². The van der Waals surface area contributed by atoms with Crippen LogP contribution in [0.2, 0.25) is 0 Å². The minimum Gasteiger partial charge on any atom is -0.480 e. The van der Waals surface area contributed by atoms with E-state index in [0.717, 1.165) is 15.6 Å². The van der Waals surface area contributed by atoms with Crippen LogP contribution < -0.4 is 5.73 Å². The summed E-state index contributed by atoms with van der Waals surface area (Å²) in [5.74, 6) is -0.967. The fourth-order valence-electron chi connectivity index (χ4n) is 1.05. The Morgan fingerprint density at radius 1 is 1.69 bits per heavy atom. The van der Waals surface area contributed by atoms with Crippen LogP contribution in [0.4, 0.5) is 0 Å². The standard InChI is InChI=1S/C8H12N2O2S/c1-4-7(13-5(2)10-4)3-6(9)8(11)12/h6H,3,9H2,1-2H3,(H,11,12)/t6-/m1/s1. The van der Waals surface area contributed by atoms with Crippen molar-refractivity contribution in [1.82, 2.24) is 4.98 Å². The molecule has 1 heterocycles. The van der Waals surface area contributed by atoms with Gasteiger partial charge in [-0.3, -0.25) is 4.79 Å². The molecule has 0 spiro atoms. The molecule has 0 unspecified atom stereocenters. The summed E-state index contributed by atoms with van der Waals surface area (Å²) in [4.78, 5) is 15.6. The zero-order valence-corrected chi connectivity index (χ0v) is 8.39. The molecule has 4 nitrogen and oxygen atoms in total. The molecule has 0 aromatic carbocycles. The number of carbonyl (C=O) groups is 1. The van der Waals surface area contributed by atoms with Crippen LogP contribution in [-0.2, 0) is 11.2 Å². The summed E-state index contributed by atoms with van der Waals surface area (Å²) in [6.45, 7) is 3.76. The quantitative estimate of drug-likeness (QED) is 0.753. The van der Waals surface area contributed by atoms with Gasteiger partial charge in [-0.15, -0.1) is 11.3 Å². The van der Waals surface area contributed by atoms with E-state index in [9.17, 15) is 4.79 Å². The molecule has 13 heavy (non-hydrogen) atoms. The molecule has 0 aliphatic carbocycles. The summed E-state index contributed by atoms with van der Waals surface area (Å²) < 4.78 is 0. The van der Waals surface area contributed by atoms with E-state index in [2.05, 4.69) is 4.98 Å². The van der Waals surface area contributed by atoms with Gasteiger partial charge in [0.15, 0.2) is 0 Å². The van der Waals surface area contributed by atoms with Crippen molar-refractivity contribution in [3.8, 4) is 0 Å². The number of aliphatic carboxylic acids is 1. The number of rotatable bonds is 3. The minimum absolute atomic E-state index is 0.368. The van der Waals surface area contributed by atoms with Crippen LogP contribution >= 0.6 is 11.3 Å². The summed E-state index contributed by atoms with van der Waals surface area (Å²) in [6.07, 6.45) is 0.368. The van der Waals surface area contributed by atoms with Crippen molar-refractivity contribution >= 4 is 17.3 Å². The van der Waals surface area contributed by atoms with Gasteiger partial charge in [-0.2, -0.15) is 0 Å². The molecule has 0 amide bonds. The van der Waals surface area contributed by atoms with Gasteiger partial charge in [0.1, 0.15) is 6.04 Å². The number of hydrogen-bond acceptors (Lipinski definition) is 4. The Bertz CT molecular complexity index is 322. The monoisotopic (exact) mass is 200 g/mol. The first kappa shape index (κ1) is 10.1. The molecule has 0 aliphatic heterocycles. The van der Waals surface area contributed by atoms with Crippen LogP contribution in [0.15, 0.2) is 0 Å². The molecule has 1 atom stereocenters. The zero-order valence-electron chi connectivity index (χ0n) is 7.57. The Hall–Kier alpha value is -0.940. The molecular weight excluding hydrogens is 188 g/mol. The average Bonchev–Trinajstić information content (AvgIpc) is 2.30. The summed E-state index contributed by atoms with van der Waals surface area (Å²) in [5, 5.41) is 9.55. The van der Waals surface area contributed by atoms with E-state index in [1.54, 1.807) is 0 Å². The van der Waals surface area contributed by atoms with Crippen molar-refractivity contribution in [3.63, 3.8) is 0 Å². The Morgan fingerprint density at radius 3 is 2.69 bits per heavy atom. The van der Waals surface area contributed by atoms with Crippen molar-refractivity contribution in [3.05, 3.63) is 15.6 Å². The normalized spacial score (nSPS) is 12.8. The van der Waals surface area contributed by atoms with E-state index in [1.165, 1.54) is 11.3 Å². The van der Waals surface area contributed by atoms with E-state index in [4.69, 9.17) is 10.8 Å². The van der Waals surface area contributed by atoms with Gasteiger partial charge < -0.3 is 10.8 Å². The number of aryl methyl sites for hydroxylation is 2. The van der Waals surface area contributed by atoms with Crippen molar-refractivity contribution in [2.75, 3.05) is 0 Å². The predicted molar refractivity (Wildman–Crippen MR) is 50.9 cm³/mol. The largest absolute Gasteiger partial charge is 0.480 e.